The molecule has 2 N–H and O–H groups in total. The number of benzene rings is 1. The van der Waals surface area contributed by atoms with E-state index in [0.29, 0.717) is 17.1 Å². The van der Waals surface area contributed by atoms with Gasteiger partial charge in [-0.3, -0.25) is 0 Å². The number of halogens is 1. The highest BCUT2D eigenvalue weighted by Crippen LogP contribution is 2.27. The van der Waals surface area contributed by atoms with E-state index in [1.165, 1.54) is 6.07 Å². The minimum absolute atomic E-state index is 0.178. The molecular formula is C13H14FNO. The highest BCUT2D eigenvalue weighted by Gasteiger charge is 2.11. The molecule has 0 radical (unpaired) electrons. The van der Waals surface area contributed by atoms with Crippen LogP contribution in [0.4, 0.5) is 4.39 Å². The fraction of sp³-hybridized carbons (Fsp3) is 0.231. The normalized spacial score (nSPS) is 12.8. The average molecular weight is 219 g/mol. The molecule has 1 aromatic heterocycles. The summed E-state index contributed by atoms with van der Waals surface area (Å²) in [5.41, 5.74) is 7.04. The Labute approximate surface area is 93.9 Å². The summed E-state index contributed by atoms with van der Waals surface area (Å²) in [5.74, 6) is 0.908. The molecular weight excluding hydrogens is 205 g/mol. The smallest absolute Gasteiger partial charge is 0.137 e. The van der Waals surface area contributed by atoms with Crippen molar-refractivity contribution in [1.82, 2.24) is 0 Å². The lowest BCUT2D eigenvalue weighted by Crippen LogP contribution is -2.02. The summed E-state index contributed by atoms with van der Waals surface area (Å²) >= 11 is 0. The lowest BCUT2D eigenvalue weighted by Gasteiger charge is -2.02. The van der Waals surface area contributed by atoms with E-state index in [4.69, 9.17) is 10.2 Å². The molecule has 0 aliphatic heterocycles. The van der Waals surface area contributed by atoms with Gasteiger partial charge < -0.3 is 10.2 Å². The first-order chi connectivity index (χ1) is 7.58. The fourth-order valence-corrected chi connectivity index (χ4v) is 1.56. The summed E-state index contributed by atoms with van der Waals surface area (Å²) < 4.78 is 19.1. The summed E-state index contributed by atoms with van der Waals surface area (Å²) in [6.45, 7) is 3.68. The Hall–Kier alpha value is -1.61. The molecule has 1 aromatic carbocycles. The summed E-state index contributed by atoms with van der Waals surface area (Å²) in [4.78, 5) is 0. The average Bonchev–Trinajstić information content (AvgIpc) is 2.66. The lowest BCUT2D eigenvalue weighted by atomic mass is 10.1. The molecule has 2 rings (SSSR count). The Morgan fingerprint density at radius 3 is 2.56 bits per heavy atom. The SMILES string of the molecule is Cc1ccc(-c2ccc(C(C)N)o2)c(F)c1. The van der Waals surface area contributed by atoms with E-state index >= 15 is 0 Å². The number of nitrogens with two attached hydrogens (primary N) is 1. The monoisotopic (exact) mass is 219 g/mol. The molecule has 0 aliphatic rings. The molecule has 1 unspecified atom stereocenters. The minimum atomic E-state index is -0.273. The van der Waals surface area contributed by atoms with Crippen molar-refractivity contribution in [3.05, 3.63) is 47.5 Å². The van der Waals surface area contributed by atoms with Crippen molar-refractivity contribution in [3.8, 4) is 11.3 Å². The Kier molecular flexibility index (Phi) is 2.79. The molecule has 0 saturated heterocycles. The van der Waals surface area contributed by atoms with Crippen LogP contribution < -0.4 is 5.73 Å². The third kappa shape index (κ3) is 1.99. The molecule has 16 heavy (non-hydrogen) atoms. The van der Waals surface area contributed by atoms with Gasteiger partial charge in [-0.05, 0) is 43.7 Å². The van der Waals surface area contributed by atoms with Crippen LogP contribution in [0.15, 0.2) is 34.7 Å². The Morgan fingerprint density at radius 1 is 1.25 bits per heavy atom. The standard InChI is InChI=1S/C13H14FNO/c1-8-3-4-10(11(14)7-8)13-6-5-12(16-13)9(2)15/h3-7,9H,15H2,1-2H3. The van der Waals surface area contributed by atoms with Gasteiger partial charge in [0.25, 0.3) is 0 Å². The molecule has 0 fully saturated rings. The van der Waals surface area contributed by atoms with Crippen LogP contribution in [0.3, 0.4) is 0 Å². The second-order valence-corrected chi connectivity index (χ2v) is 3.97. The van der Waals surface area contributed by atoms with Crippen LogP contribution in [0, 0.1) is 12.7 Å². The predicted molar refractivity (Wildman–Crippen MR) is 61.4 cm³/mol. The first kappa shape index (κ1) is 10.9. The molecule has 2 nitrogen and oxygen atoms in total. The minimum Gasteiger partial charge on any atom is -0.459 e. The summed E-state index contributed by atoms with van der Waals surface area (Å²) in [5, 5.41) is 0. The third-order valence-corrected chi connectivity index (χ3v) is 2.47. The Morgan fingerprint density at radius 2 is 2.00 bits per heavy atom. The third-order valence-electron chi connectivity index (χ3n) is 2.47. The molecule has 3 heteroatoms. The number of furan rings is 1. The fourth-order valence-electron chi connectivity index (χ4n) is 1.56. The van der Waals surface area contributed by atoms with Crippen LogP contribution in [0.2, 0.25) is 0 Å². The van der Waals surface area contributed by atoms with E-state index in [1.807, 2.05) is 19.9 Å². The van der Waals surface area contributed by atoms with Gasteiger partial charge in [-0.25, -0.2) is 4.39 Å². The molecule has 0 spiro atoms. The zero-order valence-electron chi connectivity index (χ0n) is 9.33. The van der Waals surface area contributed by atoms with E-state index in [0.717, 1.165) is 5.56 Å². The highest BCUT2D eigenvalue weighted by molar-refractivity contribution is 5.59. The van der Waals surface area contributed by atoms with Gasteiger partial charge in [0.2, 0.25) is 0 Å². The van der Waals surface area contributed by atoms with Gasteiger partial charge in [-0.1, -0.05) is 6.07 Å². The largest absolute Gasteiger partial charge is 0.459 e. The van der Waals surface area contributed by atoms with E-state index in [1.54, 1.807) is 18.2 Å². The summed E-state index contributed by atoms with van der Waals surface area (Å²) in [6, 6.07) is 8.40. The second-order valence-electron chi connectivity index (χ2n) is 3.97. The molecule has 1 heterocycles. The maximum Gasteiger partial charge on any atom is 0.137 e. The molecule has 0 bridgehead atoms. The van der Waals surface area contributed by atoms with Crippen LogP contribution in [-0.2, 0) is 0 Å². The van der Waals surface area contributed by atoms with Crippen molar-refractivity contribution in [2.24, 2.45) is 5.73 Å². The highest BCUT2D eigenvalue weighted by atomic mass is 19.1. The van der Waals surface area contributed by atoms with E-state index in [2.05, 4.69) is 0 Å². The van der Waals surface area contributed by atoms with Gasteiger partial charge in [0.1, 0.15) is 17.3 Å². The maximum absolute atomic E-state index is 13.7. The number of aryl methyl sites for hydroxylation is 1. The van der Waals surface area contributed by atoms with Crippen LogP contribution in [0.5, 0.6) is 0 Å². The predicted octanol–water partition coefficient (Wildman–Crippen LogP) is 3.41. The number of hydrogen-bond donors (Lipinski definition) is 1. The molecule has 0 saturated carbocycles. The van der Waals surface area contributed by atoms with Gasteiger partial charge in [-0.15, -0.1) is 0 Å². The van der Waals surface area contributed by atoms with Crippen LogP contribution in [0.25, 0.3) is 11.3 Å². The Balaban J connectivity index is 2.42. The second kappa shape index (κ2) is 4.10. The summed E-state index contributed by atoms with van der Waals surface area (Å²) in [6.07, 6.45) is 0. The van der Waals surface area contributed by atoms with Crippen molar-refractivity contribution in [1.29, 1.82) is 0 Å². The van der Waals surface area contributed by atoms with Crippen molar-refractivity contribution in [2.75, 3.05) is 0 Å². The van der Waals surface area contributed by atoms with Crippen LogP contribution in [-0.4, -0.2) is 0 Å². The van der Waals surface area contributed by atoms with Gasteiger partial charge in [0, 0.05) is 0 Å². The van der Waals surface area contributed by atoms with E-state index in [-0.39, 0.29) is 11.9 Å². The van der Waals surface area contributed by atoms with Gasteiger partial charge in [-0.2, -0.15) is 0 Å². The molecule has 0 amide bonds. The molecule has 1 atom stereocenters. The molecule has 0 aliphatic carbocycles. The van der Waals surface area contributed by atoms with Crippen molar-refractivity contribution < 1.29 is 8.81 Å². The van der Waals surface area contributed by atoms with Crippen molar-refractivity contribution >= 4 is 0 Å². The maximum atomic E-state index is 13.7. The zero-order valence-corrected chi connectivity index (χ0v) is 9.33. The Bertz CT molecular complexity index is 502. The van der Waals surface area contributed by atoms with E-state index in [9.17, 15) is 4.39 Å². The van der Waals surface area contributed by atoms with Crippen molar-refractivity contribution in [2.45, 2.75) is 19.9 Å². The van der Waals surface area contributed by atoms with Crippen LogP contribution >= 0.6 is 0 Å². The first-order valence-corrected chi connectivity index (χ1v) is 5.20. The quantitative estimate of drug-likeness (QED) is 0.840. The molecule has 2 aromatic rings. The molecule has 84 valence electrons. The lowest BCUT2D eigenvalue weighted by molar-refractivity contribution is 0.487. The number of hydrogen-bond acceptors (Lipinski definition) is 2. The van der Waals surface area contributed by atoms with Crippen molar-refractivity contribution in [3.63, 3.8) is 0 Å². The summed E-state index contributed by atoms with van der Waals surface area (Å²) in [7, 11) is 0. The van der Waals surface area contributed by atoms with Crippen LogP contribution in [0.1, 0.15) is 24.3 Å². The first-order valence-electron chi connectivity index (χ1n) is 5.20. The zero-order chi connectivity index (χ0) is 11.7. The topological polar surface area (TPSA) is 39.2 Å². The van der Waals surface area contributed by atoms with E-state index < -0.39 is 0 Å². The van der Waals surface area contributed by atoms with Gasteiger partial charge >= 0.3 is 0 Å². The van der Waals surface area contributed by atoms with Gasteiger partial charge in [0.05, 0.1) is 11.6 Å². The van der Waals surface area contributed by atoms with Gasteiger partial charge in [0.15, 0.2) is 0 Å². The number of rotatable bonds is 2.